The zero-order valence-corrected chi connectivity index (χ0v) is 8.19. The molecule has 0 aliphatic carbocycles. The van der Waals surface area contributed by atoms with Gasteiger partial charge < -0.3 is 5.73 Å². The van der Waals surface area contributed by atoms with Crippen molar-refractivity contribution in [2.24, 2.45) is 5.73 Å². The van der Waals surface area contributed by atoms with Gasteiger partial charge >= 0.3 is 0 Å². The predicted octanol–water partition coefficient (Wildman–Crippen LogP) is 1.87. The maximum atomic E-state index is 5.33. The van der Waals surface area contributed by atoms with Crippen LogP contribution in [0, 0.1) is 0 Å². The molecule has 1 rings (SSSR count). The van der Waals surface area contributed by atoms with Crippen LogP contribution in [0.5, 0.6) is 0 Å². The highest BCUT2D eigenvalue weighted by atomic mass is 127. The number of hydrogen-bond acceptors (Lipinski definition) is 2. The molecule has 2 N–H and O–H groups in total. The standard InChI is InChI=1S/C6H9NS.HI/c7-4-3-6-2-1-5-8-6;/h1-2,5H,3-4,7H2;1H. The van der Waals surface area contributed by atoms with Gasteiger partial charge in [-0.05, 0) is 24.4 Å². The van der Waals surface area contributed by atoms with E-state index in [2.05, 4.69) is 17.5 Å². The first-order chi connectivity index (χ1) is 3.93. The normalized spacial score (nSPS) is 8.56. The van der Waals surface area contributed by atoms with Crippen molar-refractivity contribution in [3.8, 4) is 0 Å². The number of rotatable bonds is 2. The van der Waals surface area contributed by atoms with Crippen LogP contribution in [0.4, 0.5) is 0 Å². The molecule has 0 unspecified atom stereocenters. The Morgan fingerprint density at radius 3 is 2.78 bits per heavy atom. The minimum Gasteiger partial charge on any atom is -0.330 e. The second kappa shape index (κ2) is 5.20. The highest BCUT2D eigenvalue weighted by Crippen LogP contribution is 2.07. The second-order valence-corrected chi connectivity index (χ2v) is 2.65. The Morgan fingerprint density at radius 1 is 1.56 bits per heavy atom. The van der Waals surface area contributed by atoms with E-state index in [9.17, 15) is 0 Å². The molecule has 0 atom stereocenters. The molecule has 1 aromatic heterocycles. The van der Waals surface area contributed by atoms with Crippen molar-refractivity contribution in [1.82, 2.24) is 0 Å². The van der Waals surface area contributed by atoms with E-state index in [-0.39, 0.29) is 24.0 Å². The lowest BCUT2D eigenvalue weighted by atomic mass is 10.3. The molecule has 0 aliphatic heterocycles. The van der Waals surface area contributed by atoms with Crippen LogP contribution in [0.25, 0.3) is 0 Å². The maximum Gasteiger partial charge on any atom is 0.00577 e. The largest absolute Gasteiger partial charge is 0.330 e. The SMILES string of the molecule is I.NCCc1cccs1. The lowest BCUT2D eigenvalue weighted by Crippen LogP contribution is -2.00. The van der Waals surface area contributed by atoms with Crippen LogP contribution < -0.4 is 5.73 Å². The molecule has 0 amide bonds. The van der Waals surface area contributed by atoms with E-state index in [1.54, 1.807) is 11.3 Å². The zero-order valence-electron chi connectivity index (χ0n) is 5.04. The zero-order chi connectivity index (χ0) is 5.82. The Kier molecular flexibility index (Phi) is 5.42. The van der Waals surface area contributed by atoms with Crippen molar-refractivity contribution in [3.05, 3.63) is 22.4 Å². The molecule has 1 aromatic rings. The monoisotopic (exact) mass is 255 g/mol. The van der Waals surface area contributed by atoms with Gasteiger partial charge in [0.15, 0.2) is 0 Å². The molecule has 0 fully saturated rings. The second-order valence-electron chi connectivity index (χ2n) is 1.62. The minimum atomic E-state index is 0. The Hall–Kier alpha value is 0.390. The molecule has 0 aromatic carbocycles. The topological polar surface area (TPSA) is 26.0 Å². The molecule has 1 nitrogen and oxygen atoms in total. The molecule has 9 heavy (non-hydrogen) atoms. The third-order valence-corrected chi connectivity index (χ3v) is 1.91. The fraction of sp³-hybridized carbons (Fsp3) is 0.333. The maximum absolute atomic E-state index is 5.33. The number of halogens is 1. The number of nitrogens with two attached hydrogens (primary N) is 1. The number of hydrogen-bond donors (Lipinski definition) is 1. The summed E-state index contributed by atoms with van der Waals surface area (Å²) in [6, 6.07) is 4.16. The van der Waals surface area contributed by atoms with Crippen molar-refractivity contribution in [2.75, 3.05) is 6.54 Å². The summed E-state index contributed by atoms with van der Waals surface area (Å²) in [6.45, 7) is 0.764. The Labute approximate surface area is 76.3 Å². The first-order valence-corrected chi connectivity index (χ1v) is 3.54. The summed E-state index contributed by atoms with van der Waals surface area (Å²) in [5.41, 5.74) is 5.33. The molecule has 0 aliphatic rings. The average Bonchev–Trinajstić information content (AvgIpc) is 2.19. The third kappa shape index (κ3) is 3.17. The van der Waals surface area contributed by atoms with Crippen molar-refractivity contribution in [3.63, 3.8) is 0 Å². The van der Waals surface area contributed by atoms with Crippen molar-refractivity contribution in [2.45, 2.75) is 6.42 Å². The summed E-state index contributed by atoms with van der Waals surface area (Å²) in [4.78, 5) is 1.38. The van der Waals surface area contributed by atoms with Crippen molar-refractivity contribution < 1.29 is 0 Å². The van der Waals surface area contributed by atoms with Crippen LogP contribution in [-0.2, 0) is 6.42 Å². The van der Waals surface area contributed by atoms with Gasteiger partial charge in [-0.3, -0.25) is 0 Å². The van der Waals surface area contributed by atoms with Gasteiger partial charge in [-0.2, -0.15) is 0 Å². The van der Waals surface area contributed by atoms with Crippen LogP contribution in [0.1, 0.15) is 4.88 Å². The molecular weight excluding hydrogens is 245 g/mol. The van der Waals surface area contributed by atoms with Gasteiger partial charge in [0.2, 0.25) is 0 Å². The van der Waals surface area contributed by atoms with Gasteiger partial charge in [-0.1, -0.05) is 6.07 Å². The first kappa shape index (κ1) is 9.39. The fourth-order valence-corrected chi connectivity index (χ4v) is 1.32. The van der Waals surface area contributed by atoms with E-state index < -0.39 is 0 Å². The molecule has 0 spiro atoms. The lowest BCUT2D eigenvalue weighted by molar-refractivity contribution is 0.989. The summed E-state index contributed by atoms with van der Waals surface area (Å²) < 4.78 is 0. The summed E-state index contributed by atoms with van der Waals surface area (Å²) in [5, 5.41) is 2.07. The molecular formula is C6H10INS. The van der Waals surface area contributed by atoms with E-state index in [4.69, 9.17) is 5.73 Å². The Balaban J connectivity index is 0.000000640. The highest BCUT2D eigenvalue weighted by molar-refractivity contribution is 14.0. The molecule has 0 radical (unpaired) electrons. The van der Waals surface area contributed by atoms with Crippen molar-refractivity contribution in [1.29, 1.82) is 0 Å². The van der Waals surface area contributed by atoms with E-state index in [1.165, 1.54) is 4.88 Å². The van der Waals surface area contributed by atoms with Gasteiger partial charge in [-0.15, -0.1) is 35.3 Å². The van der Waals surface area contributed by atoms with Gasteiger partial charge in [0.05, 0.1) is 0 Å². The van der Waals surface area contributed by atoms with E-state index in [0.29, 0.717) is 0 Å². The lowest BCUT2D eigenvalue weighted by Gasteiger charge is -1.86. The first-order valence-electron chi connectivity index (χ1n) is 2.66. The van der Waals surface area contributed by atoms with E-state index in [1.807, 2.05) is 0 Å². The summed E-state index contributed by atoms with van der Waals surface area (Å²) in [6.07, 6.45) is 1.03. The summed E-state index contributed by atoms with van der Waals surface area (Å²) in [5.74, 6) is 0. The summed E-state index contributed by atoms with van der Waals surface area (Å²) in [7, 11) is 0. The molecule has 3 heteroatoms. The average molecular weight is 255 g/mol. The molecule has 0 bridgehead atoms. The van der Waals surface area contributed by atoms with Crippen molar-refractivity contribution >= 4 is 35.3 Å². The van der Waals surface area contributed by atoms with Gasteiger partial charge in [0.25, 0.3) is 0 Å². The predicted molar refractivity (Wildman–Crippen MR) is 52.5 cm³/mol. The molecule has 1 heterocycles. The Bertz CT molecular complexity index is 139. The Morgan fingerprint density at radius 2 is 2.33 bits per heavy atom. The smallest absolute Gasteiger partial charge is 0.00577 e. The van der Waals surface area contributed by atoms with Crippen LogP contribution in [-0.4, -0.2) is 6.54 Å². The molecule has 52 valence electrons. The number of thiophene rings is 1. The van der Waals surface area contributed by atoms with Crippen LogP contribution in [0.3, 0.4) is 0 Å². The van der Waals surface area contributed by atoms with Gasteiger partial charge in [0, 0.05) is 4.88 Å². The third-order valence-electron chi connectivity index (χ3n) is 0.971. The van der Waals surface area contributed by atoms with E-state index >= 15 is 0 Å². The van der Waals surface area contributed by atoms with Crippen LogP contribution in [0.15, 0.2) is 17.5 Å². The van der Waals surface area contributed by atoms with Gasteiger partial charge in [-0.25, -0.2) is 0 Å². The highest BCUT2D eigenvalue weighted by Gasteiger charge is 1.87. The van der Waals surface area contributed by atoms with Gasteiger partial charge in [0.1, 0.15) is 0 Å². The van der Waals surface area contributed by atoms with Crippen LogP contribution >= 0.6 is 35.3 Å². The van der Waals surface area contributed by atoms with E-state index in [0.717, 1.165) is 13.0 Å². The quantitative estimate of drug-likeness (QED) is 0.802. The molecule has 0 saturated heterocycles. The molecule has 0 saturated carbocycles. The van der Waals surface area contributed by atoms with Crippen LogP contribution in [0.2, 0.25) is 0 Å². The minimum absolute atomic E-state index is 0. The summed E-state index contributed by atoms with van der Waals surface area (Å²) >= 11 is 1.77. The fourth-order valence-electron chi connectivity index (χ4n) is 0.597.